The first-order valence-electron chi connectivity index (χ1n) is 9.78. The number of rotatable bonds is 8. The second kappa shape index (κ2) is 9.82. The molecule has 0 aromatic heterocycles. The van der Waals surface area contributed by atoms with Gasteiger partial charge in [0, 0.05) is 18.8 Å². The third kappa shape index (κ3) is 5.64. The van der Waals surface area contributed by atoms with Crippen molar-refractivity contribution >= 4 is 21.6 Å². The summed E-state index contributed by atoms with van der Waals surface area (Å²) in [4.78, 5) is 14.2. The van der Waals surface area contributed by atoms with Gasteiger partial charge in [-0.2, -0.15) is 0 Å². The van der Waals surface area contributed by atoms with Crippen molar-refractivity contribution in [2.45, 2.75) is 24.8 Å². The minimum atomic E-state index is -3.75. The molecule has 30 heavy (non-hydrogen) atoms. The molecule has 9 heteroatoms. The van der Waals surface area contributed by atoms with Crippen molar-refractivity contribution in [2.75, 3.05) is 37.6 Å². The van der Waals surface area contributed by atoms with Gasteiger partial charge in [0.15, 0.2) is 6.10 Å². The van der Waals surface area contributed by atoms with Crippen LogP contribution in [-0.4, -0.2) is 58.2 Å². The molecular weight excluding hydrogens is 408 g/mol. The van der Waals surface area contributed by atoms with E-state index in [0.29, 0.717) is 50.1 Å². The van der Waals surface area contributed by atoms with Crippen LogP contribution in [0.2, 0.25) is 0 Å². The Labute approximate surface area is 176 Å². The number of hydrogen-bond acceptors (Lipinski definition) is 6. The second-order valence-electron chi connectivity index (χ2n) is 6.73. The van der Waals surface area contributed by atoms with Crippen LogP contribution < -0.4 is 14.2 Å². The number of benzene rings is 2. The van der Waals surface area contributed by atoms with Crippen LogP contribution in [-0.2, 0) is 19.6 Å². The zero-order valence-corrected chi connectivity index (χ0v) is 17.9. The number of nitrogens with zero attached hydrogens (tertiary/aromatic N) is 1. The predicted molar refractivity (Wildman–Crippen MR) is 112 cm³/mol. The van der Waals surface area contributed by atoms with E-state index in [-0.39, 0.29) is 10.8 Å². The highest BCUT2D eigenvalue weighted by molar-refractivity contribution is 7.92. The summed E-state index contributed by atoms with van der Waals surface area (Å²) in [7, 11) is -3.75. The number of hydrogen-bond donors (Lipinski definition) is 1. The molecule has 0 bridgehead atoms. The summed E-state index contributed by atoms with van der Waals surface area (Å²) in [6.45, 7) is 6.22. The van der Waals surface area contributed by atoms with Crippen LogP contribution in [0.25, 0.3) is 0 Å². The van der Waals surface area contributed by atoms with Crippen molar-refractivity contribution in [2.24, 2.45) is 0 Å². The van der Waals surface area contributed by atoms with Crippen LogP contribution >= 0.6 is 0 Å². The van der Waals surface area contributed by atoms with Gasteiger partial charge in [0.25, 0.3) is 15.9 Å². The highest BCUT2D eigenvalue weighted by atomic mass is 32.2. The molecule has 1 amide bonds. The van der Waals surface area contributed by atoms with Crippen molar-refractivity contribution in [3.8, 4) is 11.5 Å². The predicted octanol–water partition coefficient (Wildman–Crippen LogP) is 2.51. The fourth-order valence-corrected chi connectivity index (χ4v) is 4.05. The van der Waals surface area contributed by atoms with Gasteiger partial charge < -0.3 is 19.1 Å². The molecule has 1 aliphatic heterocycles. The van der Waals surface area contributed by atoms with Gasteiger partial charge in [-0.3, -0.25) is 9.52 Å². The summed E-state index contributed by atoms with van der Waals surface area (Å²) >= 11 is 0. The molecule has 1 atom stereocenters. The quantitative estimate of drug-likeness (QED) is 0.686. The molecule has 1 heterocycles. The average molecular weight is 435 g/mol. The fourth-order valence-electron chi connectivity index (χ4n) is 2.99. The molecule has 8 nitrogen and oxygen atoms in total. The maximum absolute atomic E-state index is 12.6. The van der Waals surface area contributed by atoms with Crippen LogP contribution in [0.15, 0.2) is 53.4 Å². The molecule has 1 aliphatic rings. The molecule has 2 aromatic rings. The first kappa shape index (κ1) is 21.9. The number of carbonyl (C=O) groups is 1. The highest BCUT2D eigenvalue weighted by Gasteiger charge is 2.24. The third-order valence-corrected chi connectivity index (χ3v) is 5.93. The number of amides is 1. The van der Waals surface area contributed by atoms with Crippen LogP contribution in [0.4, 0.5) is 5.69 Å². The summed E-state index contributed by atoms with van der Waals surface area (Å²) < 4.78 is 44.0. The Morgan fingerprint density at radius 3 is 2.27 bits per heavy atom. The monoisotopic (exact) mass is 434 g/mol. The normalized spacial score (nSPS) is 15.3. The van der Waals surface area contributed by atoms with Crippen LogP contribution in [0.1, 0.15) is 13.8 Å². The zero-order chi connectivity index (χ0) is 21.6. The summed E-state index contributed by atoms with van der Waals surface area (Å²) in [5, 5.41) is 0. The molecule has 1 saturated heterocycles. The molecule has 2 aromatic carbocycles. The Balaban J connectivity index is 1.61. The largest absolute Gasteiger partial charge is 0.494 e. The van der Waals surface area contributed by atoms with E-state index in [4.69, 9.17) is 14.2 Å². The van der Waals surface area contributed by atoms with Crippen molar-refractivity contribution in [1.82, 2.24) is 4.90 Å². The molecule has 162 valence electrons. The van der Waals surface area contributed by atoms with E-state index in [1.165, 1.54) is 24.3 Å². The SMILES string of the molecule is CCOc1ccc(NS(=O)(=O)c2ccc(O[C@H](C)C(=O)N3CCOCC3)cc2)cc1. The van der Waals surface area contributed by atoms with Crippen LogP contribution in [0.5, 0.6) is 11.5 Å². The third-order valence-electron chi connectivity index (χ3n) is 4.53. The lowest BCUT2D eigenvalue weighted by atomic mass is 10.3. The lowest BCUT2D eigenvalue weighted by Crippen LogP contribution is -2.46. The summed E-state index contributed by atoms with van der Waals surface area (Å²) in [6.07, 6.45) is -0.674. The number of sulfonamides is 1. The summed E-state index contributed by atoms with van der Waals surface area (Å²) in [6, 6.07) is 12.6. The van der Waals surface area contributed by atoms with Crippen LogP contribution in [0, 0.1) is 0 Å². The van der Waals surface area contributed by atoms with Crippen molar-refractivity contribution in [3.63, 3.8) is 0 Å². The molecular formula is C21H26N2O6S. The molecule has 0 unspecified atom stereocenters. The van der Waals surface area contributed by atoms with E-state index in [0.717, 1.165) is 0 Å². The lowest BCUT2D eigenvalue weighted by molar-refractivity contribution is -0.142. The van der Waals surface area contributed by atoms with Gasteiger partial charge in [0.2, 0.25) is 0 Å². The van der Waals surface area contributed by atoms with E-state index < -0.39 is 16.1 Å². The van der Waals surface area contributed by atoms with Crippen molar-refractivity contribution < 1.29 is 27.4 Å². The Morgan fingerprint density at radius 2 is 1.67 bits per heavy atom. The highest BCUT2D eigenvalue weighted by Crippen LogP contribution is 2.22. The molecule has 0 aliphatic carbocycles. The maximum atomic E-state index is 12.6. The van der Waals surface area contributed by atoms with E-state index in [1.807, 2.05) is 6.92 Å². The molecule has 3 rings (SSSR count). The van der Waals surface area contributed by atoms with E-state index in [1.54, 1.807) is 36.1 Å². The van der Waals surface area contributed by atoms with E-state index in [9.17, 15) is 13.2 Å². The zero-order valence-electron chi connectivity index (χ0n) is 17.0. The van der Waals surface area contributed by atoms with Crippen LogP contribution in [0.3, 0.4) is 0 Å². The van der Waals surface area contributed by atoms with E-state index >= 15 is 0 Å². The molecule has 1 N–H and O–H groups in total. The topological polar surface area (TPSA) is 94.2 Å². The Kier molecular flexibility index (Phi) is 7.17. The molecule has 0 radical (unpaired) electrons. The summed E-state index contributed by atoms with van der Waals surface area (Å²) in [5.74, 6) is 0.971. The van der Waals surface area contributed by atoms with Crippen molar-refractivity contribution in [1.29, 1.82) is 0 Å². The van der Waals surface area contributed by atoms with Gasteiger partial charge >= 0.3 is 0 Å². The molecule has 0 saturated carbocycles. The van der Waals surface area contributed by atoms with E-state index in [2.05, 4.69) is 4.72 Å². The Bertz CT molecular complexity index is 938. The second-order valence-corrected chi connectivity index (χ2v) is 8.41. The summed E-state index contributed by atoms with van der Waals surface area (Å²) in [5.41, 5.74) is 0.434. The van der Waals surface area contributed by atoms with Gasteiger partial charge in [-0.1, -0.05) is 0 Å². The standard InChI is InChI=1S/C21H26N2O6S/c1-3-28-18-6-4-17(5-7-18)22-30(25,26)20-10-8-19(9-11-20)29-16(2)21(24)23-12-14-27-15-13-23/h4-11,16,22H,3,12-15H2,1-2H3/t16-/m1/s1. The smallest absolute Gasteiger partial charge is 0.263 e. The minimum Gasteiger partial charge on any atom is -0.494 e. The van der Waals surface area contributed by atoms with Gasteiger partial charge in [0.05, 0.1) is 24.7 Å². The van der Waals surface area contributed by atoms with Gasteiger partial charge in [-0.15, -0.1) is 0 Å². The number of carbonyl (C=O) groups excluding carboxylic acids is 1. The first-order valence-corrected chi connectivity index (χ1v) is 11.3. The number of anilines is 1. The van der Waals surface area contributed by atoms with Crippen molar-refractivity contribution in [3.05, 3.63) is 48.5 Å². The number of ether oxygens (including phenoxy) is 3. The van der Waals surface area contributed by atoms with Gasteiger partial charge in [-0.25, -0.2) is 8.42 Å². The Hall–Kier alpha value is -2.78. The lowest BCUT2D eigenvalue weighted by Gasteiger charge is -2.29. The minimum absolute atomic E-state index is 0.0934. The maximum Gasteiger partial charge on any atom is 0.263 e. The molecule has 1 fully saturated rings. The number of morpholine rings is 1. The first-order chi connectivity index (χ1) is 14.4. The number of nitrogens with one attached hydrogen (secondary N) is 1. The molecule has 0 spiro atoms. The fraction of sp³-hybridized carbons (Fsp3) is 0.381. The van der Waals surface area contributed by atoms with Gasteiger partial charge in [0.1, 0.15) is 11.5 Å². The van der Waals surface area contributed by atoms with Gasteiger partial charge in [-0.05, 0) is 62.4 Å². The Morgan fingerprint density at radius 1 is 1.07 bits per heavy atom. The average Bonchev–Trinajstić information content (AvgIpc) is 2.75.